The average molecular weight is 295 g/mol. The van der Waals surface area contributed by atoms with Crippen molar-refractivity contribution in [3.63, 3.8) is 0 Å². The lowest BCUT2D eigenvalue weighted by atomic mass is 9.99. The van der Waals surface area contributed by atoms with E-state index in [1.807, 2.05) is 11.3 Å². The number of hydrogen-bond donors (Lipinski definition) is 1. The fourth-order valence-electron chi connectivity index (χ4n) is 2.99. The zero-order valence-electron chi connectivity index (χ0n) is 13.4. The Bertz CT molecular complexity index is 372. The van der Waals surface area contributed by atoms with Crippen LogP contribution in [0.25, 0.3) is 0 Å². The van der Waals surface area contributed by atoms with E-state index in [0.29, 0.717) is 6.04 Å². The third-order valence-electron chi connectivity index (χ3n) is 4.44. The van der Waals surface area contributed by atoms with E-state index in [0.717, 1.165) is 6.54 Å². The predicted molar refractivity (Wildman–Crippen MR) is 89.8 cm³/mol. The third kappa shape index (κ3) is 4.31. The summed E-state index contributed by atoms with van der Waals surface area (Å²) < 4.78 is 0. The number of hydrogen-bond acceptors (Lipinski definition) is 3. The topological polar surface area (TPSA) is 15.3 Å². The van der Waals surface area contributed by atoms with Crippen LogP contribution in [-0.4, -0.2) is 31.1 Å². The molecule has 0 amide bonds. The van der Waals surface area contributed by atoms with Gasteiger partial charge in [-0.15, -0.1) is 11.3 Å². The summed E-state index contributed by atoms with van der Waals surface area (Å²) >= 11 is 2.04. The molecule has 20 heavy (non-hydrogen) atoms. The maximum Gasteiger partial charge on any atom is 0.0386 e. The van der Waals surface area contributed by atoms with E-state index in [9.17, 15) is 0 Å². The van der Waals surface area contributed by atoms with E-state index in [4.69, 9.17) is 0 Å². The quantitative estimate of drug-likeness (QED) is 0.729. The molecule has 1 atom stereocenters. The molecule has 0 radical (unpaired) electrons. The van der Waals surface area contributed by atoms with Crippen molar-refractivity contribution in [3.8, 4) is 0 Å². The number of thiophene rings is 1. The van der Waals surface area contributed by atoms with Crippen LogP contribution in [0.5, 0.6) is 0 Å². The van der Waals surface area contributed by atoms with Gasteiger partial charge in [-0.1, -0.05) is 13.8 Å². The van der Waals surface area contributed by atoms with Crippen LogP contribution in [0.15, 0.2) is 6.07 Å². The van der Waals surface area contributed by atoms with E-state index in [1.165, 1.54) is 51.7 Å². The first-order chi connectivity index (χ1) is 9.74. The molecule has 0 saturated heterocycles. The monoisotopic (exact) mass is 294 g/mol. The normalized spacial score (nSPS) is 16.4. The van der Waals surface area contributed by atoms with Crippen LogP contribution in [0, 0.1) is 0 Å². The van der Waals surface area contributed by atoms with Crippen LogP contribution in [0.4, 0.5) is 0 Å². The van der Waals surface area contributed by atoms with Crippen molar-refractivity contribution in [2.75, 3.05) is 26.2 Å². The molecule has 0 spiro atoms. The maximum atomic E-state index is 3.70. The van der Waals surface area contributed by atoms with Crippen LogP contribution in [0.2, 0.25) is 0 Å². The van der Waals surface area contributed by atoms with Crippen LogP contribution in [0.1, 0.15) is 61.4 Å². The molecule has 0 aliphatic heterocycles. The summed E-state index contributed by atoms with van der Waals surface area (Å²) in [6.07, 6.45) is 6.64. The Balaban J connectivity index is 1.74. The molecule has 1 aliphatic rings. The molecule has 0 fully saturated rings. The zero-order valence-corrected chi connectivity index (χ0v) is 14.2. The average Bonchev–Trinajstić information content (AvgIpc) is 2.91. The van der Waals surface area contributed by atoms with Gasteiger partial charge in [0.2, 0.25) is 0 Å². The largest absolute Gasteiger partial charge is 0.309 e. The van der Waals surface area contributed by atoms with Gasteiger partial charge in [0.15, 0.2) is 0 Å². The first kappa shape index (κ1) is 16.0. The molecule has 1 N–H and O–H groups in total. The molecular weight excluding hydrogens is 264 g/mol. The summed E-state index contributed by atoms with van der Waals surface area (Å²) in [7, 11) is 0. The molecule has 2 rings (SSSR count). The molecule has 1 aliphatic carbocycles. The summed E-state index contributed by atoms with van der Waals surface area (Å²) in [6.45, 7) is 11.5. The Labute approximate surface area is 128 Å². The summed E-state index contributed by atoms with van der Waals surface area (Å²) in [5.41, 5.74) is 1.63. The van der Waals surface area contributed by atoms with E-state index < -0.39 is 0 Å². The minimum Gasteiger partial charge on any atom is -0.309 e. The highest BCUT2D eigenvalue weighted by Gasteiger charge is 2.16. The van der Waals surface area contributed by atoms with Crippen LogP contribution >= 0.6 is 11.3 Å². The lowest BCUT2D eigenvalue weighted by Gasteiger charge is -2.18. The predicted octanol–water partition coefficient (Wildman–Crippen LogP) is 4.01. The number of nitrogens with one attached hydrogen (secondary N) is 1. The van der Waals surface area contributed by atoms with Gasteiger partial charge in [0.05, 0.1) is 0 Å². The minimum absolute atomic E-state index is 0.516. The molecule has 1 unspecified atom stereocenters. The number of nitrogens with zero attached hydrogens (tertiary/aromatic N) is 1. The molecule has 1 aromatic rings. The molecule has 3 heteroatoms. The smallest absolute Gasteiger partial charge is 0.0386 e. The molecular formula is C17H30N2S. The Kier molecular flexibility index (Phi) is 6.53. The highest BCUT2D eigenvalue weighted by atomic mass is 32.1. The van der Waals surface area contributed by atoms with Crippen molar-refractivity contribution in [2.24, 2.45) is 0 Å². The van der Waals surface area contributed by atoms with Gasteiger partial charge in [0.1, 0.15) is 0 Å². The minimum atomic E-state index is 0.516. The summed E-state index contributed by atoms with van der Waals surface area (Å²) in [5.74, 6) is 0. The van der Waals surface area contributed by atoms with Crippen molar-refractivity contribution in [1.82, 2.24) is 10.2 Å². The maximum absolute atomic E-state index is 3.70. The fraction of sp³-hybridized carbons (Fsp3) is 0.765. The zero-order chi connectivity index (χ0) is 14.4. The van der Waals surface area contributed by atoms with Gasteiger partial charge in [0, 0.05) is 15.8 Å². The van der Waals surface area contributed by atoms with Gasteiger partial charge in [-0.05, 0) is 76.8 Å². The number of rotatable bonds is 8. The van der Waals surface area contributed by atoms with Crippen molar-refractivity contribution in [2.45, 2.75) is 58.9 Å². The highest BCUT2D eigenvalue weighted by molar-refractivity contribution is 7.12. The van der Waals surface area contributed by atoms with E-state index in [1.54, 1.807) is 15.3 Å². The van der Waals surface area contributed by atoms with E-state index >= 15 is 0 Å². The highest BCUT2D eigenvalue weighted by Crippen LogP contribution is 2.32. The van der Waals surface area contributed by atoms with Crippen LogP contribution in [0.3, 0.4) is 0 Å². The van der Waals surface area contributed by atoms with Crippen molar-refractivity contribution in [1.29, 1.82) is 0 Å². The van der Waals surface area contributed by atoms with Crippen LogP contribution < -0.4 is 5.32 Å². The van der Waals surface area contributed by atoms with Gasteiger partial charge in [-0.3, -0.25) is 0 Å². The lowest BCUT2D eigenvalue weighted by molar-refractivity contribution is 0.296. The second-order valence-electron chi connectivity index (χ2n) is 5.86. The van der Waals surface area contributed by atoms with E-state index in [2.05, 4.69) is 37.1 Å². The van der Waals surface area contributed by atoms with Gasteiger partial charge >= 0.3 is 0 Å². The molecule has 114 valence electrons. The van der Waals surface area contributed by atoms with Crippen molar-refractivity contribution >= 4 is 11.3 Å². The SMILES string of the molecule is CCN(CC)CCCNC(C)c1cc2c(s1)CCCC2. The first-order valence-corrected chi connectivity index (χ1v) is 9.13. The molecule has 2 nitrogen and oxygen atoms in total. The molecule has 0 saturated carbocycles. The number of fused-ring (bicyclic) bond motifs is 1. The second-order valence-corrected chi connectivity index (χ2v) is 7.03. The van der Waals surface area contributed by atoms with Gasteiger partial charge in [-0.2, -0.15) is 0 Å². The number of aryl methyl sites for hydroxylation is 2. The summed E-state index contributed by atoms with van der Waals surface area (Å²) in [6, 6.07) is 2.98. The van der Waals surface area contributed by atoms with Gasteiger partial charge < -0.3 is 10.2 Å². The molecule has 1 aromatic heterocycles. The summed E-state index contributed by atoms with van der Waals surface area (Å²) in [5, 5.41) is 3.70. The van der Waals surface area contributed by atoms with Crippen molar-refractivity contribution < 1.29 is 0 Å². The molecule has 0 bridgehead atoms. The third-order valence-corrected chi connectivity index (χ3v) is 5.86. The van der Waals surface area contributed by atoms with Gasteiger partial charge in [0.25, 0.3) is 0 Å². The van der Waals surface area contributed by atoms with Crippen LogP contribution in [-0.2, 0) is 12.8 Å². The first-order valence-electron chi connectivity index (χ1n) is 8.31. The van der Waals surface area contributed by atoms with Crippen molar-refractivity contribution in [3.05, 3.63) is 21.4 Å². The molecule has 0 aromatic carbocycles. The Morgan fingerprint density at radius 2 is 2.00 bits per heavy atom. The van der Waals surface area contributed by atoms with Gasteiger partial charge in [-0.25, -0.2) is 0 Å². The molecule has 1 heterocycles. The Morgan fingerprint density at radius 1 is 1.25 bits per heavy atom. The van der Waals surface area contributed by atoms with E-state index in [-0.39, 0.29) is 0 Å². The Morgan fingerprint density at radius 3 is 2.70 bits per heavy atom. The standard InChI is InChI=1S/C17H30N2S/c1-4-19(5-2)12-8-11-18-14(3)17-13-15-9-6-7-10-16(15)20-17/h13-14,18H,4-12H2,1-3H3. The second kappa shape index (κ2) is 8.16. The summed E-state index contributed by atoms with van der Waals surface area (Å²) in [4.78, 5) is 5.69. The Hall–Kier alpha value is -0.380. The lowest BCUT2D eigenvalue weighted by Crippen LogP contribution is -2.28. The fourth-order valence-corrected chi connectivity index (χ4v) is 4.27.